The minimum absolute atomic E-state index is 0.180. The summed E-state index contributed by atoms with van der Waals surface area (Å²) in [6.07, 6.45) is 1.10. The smallest absolute Gasteiger partial charge is 0.291 e. The Morgan fingerprint density at radius 2 is 1.66 bits per heavy atom. The topological polar surface area (TPSA) is 65.8 Å². The molecule has 0 spiro atoms. The number of para-hydroxylation sites is 1. The van der Waals surface area contributed by atoms with Gasteiger partial charge in [-0.05, 0) is 37.2 Å². The molecule has 6 heteroatoms. The molecule has 3 aromatic rings. The summed E-state index contributed by atoms with van der Waals surface area (Å²) in [5, 5.41) is 3.63. The maximum absolute atomic E-state index is 13.2. The van der Waals surface area contributed by atoms with Gasteiger partial charge < -0.3 is 14.6 Å². The third-order valence-electron chi connectivity index (χ3n) is 5.26. The molecule has 1 aromatic heterocycles. The summed E-state index contributed by atoms with van der Waals surface area (Å²) in [4.78, 5) is 30.1. The molecule has 6 nitrogen and oxygen atoms in total. The van der Waals surface area contributed by atoms with E-state index in [0.29, 0.717) is 29.9 Å². The van der Waals surface area contributed by atoms with Crippen LogP contribution in [-0.4, -0.2) is 54.3 Å². The van der Waals surface area contributed by atoms with Gasteiger partial charge in [-0.1, -0.05) is 37.3 Å². The number of piperazine rings is 1. The Morgan fingerprint density at radius 1 is 0.966 bits per heavy atom. The van der Waals surface area contributed by atoms with Crippen LogP contribution in [0.5, 0.6) is 0 Å². The average Bonchev–Trinajstić information content (AvgIpc) is 3.13. The van der Waals surface area contributed by atoms with Gasteiger partial charge in [-0.25, -0.2) is 0 Å². The van der Waals surface area contributed by atoms with E-state index in [-0.39, 0.29) is 17.6 Å². The number of anilines is 1. The third-order valence-corrected chi connectivity index (χ3v) is 5.26. The number of hydrogen-bond donors (Lipinski definition) is 1. The van der Waals surface area contributed by atoms with Gasteiger partial charge in [-0.15, -0.1) is 0 Å². The van der Waals surface area contributed by atoms with E-state index in [9.17, 15) is 9.59 Å². The van der Waals surface area contributed by atoms with Crippen LogP contribution >= 0.6 is 0 Å². The first-order chi connectivity index (χ1) is 14.2. The van der Waals surface area contributed by atoms with Crippen LogP contribution in [-0.2, 0) is 0 Å². The first-order valence-electron chi connectivity index (χ1n) is 10.1. The highest BCUT2D eigenvalue weighted by Crippen LogP contribution is 2.32. The quantitative estimate of drug-likeness (QED) is 0.717. The number of nitrogens with one attached hydrogen (secondary N) is 1. The second kappa shape index (κ2) is 8.49. The van der Waals surface area contributed by atoms with Gasteiger partial charge in [-0.3, -0.25) is 14.5 Å². The number of fused-ring (bicyclic) bond motifs is 1. The monoisotopic (exact) mass is 391 g/mol. The number of carbonyl (C=O) groups excluding carboxylic acids is 2. The predicted molar refractivity (Wildman–Crippen MR) is 113 cm³/mol. The lowest BCUT2D eigenvalue weighted by atomic mass is 10.1. The van der Waals surface area contributed by atoms with Crippen molar-refractivity contribution in [1.82, 2.24) is 9.80 Å². The Kier molecular flexibility index (Phi) is 5.62. The van der Waals surface area contributed by atoms with Gasteiger partial charge in [-0.2, -0.15) is 0 Å². The lowest BCUT2D eigenvalue weighted by Crippen LogP contribution is -2.48. The van der Waals surface area contributed by atoms with E-state index >= 15 is 0 Å². The Balaban J connectivity index is 1.61. The zero-order chi connectivity index (χ0) is 20.2. The van der Waals surface area contributed by atoms with Gasteiger partial charge >= 0.3 is 0 Å². The van der Waals surface area contributed by atoms with Crippen molar-refractivity contribution in [2.24, 2.45) is 0 Å². The van der Waals surface area contributed by atoms with E-state index in [1.165, 1.54) is 0 Å². The van der Waals surface area contributed by atoms with E-state index in [0.717, 1.165) is 31.4 Å². The van der Waals surface area contributed by atoms with E-state index in [1.54, 1.807) is 12.1 Å². The van der Waals surface area contributed by atoms with Gasteiger partial charge in [0.15, 0.2) is 0 Å². The third kappa shape index (κ3) is 4.03. The molecule has 2 heterocycles. The number of carbonyl (C=O) groups is 2. The summed E-state index contributed by atoms with van der Waals surface area (Å²) in [6, 6.07) is 16.4. The van der Waals surface area contributed by atoms with Crippen molar-refractivity contribution in [1.29, 1.82) is 0 Å². The van der Waals surface area contributed by atoms with Crippen LogP contribution in [0.4, 0.5) is 5.69 Å². The average molecular weight is 391 g/mol. The SMILES string of the molecule is CCCN1CCN(C(=O)c2oc3ccccc3c2NC(=O)c2ccccc2)CC1. The van der Waals surface area contributed by atoms with E-state index < -0.39 is 0 Å². The number of benzene rings is 2. The zero-order valence-electron chi connectivity index (χ0n) is 16.6. The summed E-state index contributed by atoms with van der Waals surface area (Å²) in [5.41, 5.74) is 1.56. The summed E-state index contributed by atoms with van der Waals surface area (Å²) in [6.45, 7) is 6.22. The fourth-order valence-electron chi connectivity index (χ4n) is 3.73. The van der Waals surface area contributed by atoms with Crippen molar-refractivity contribution in [3.05, 3.63) is 65.9 Å². The Morgan fingerprint density at radius 3 is 2.38 bits per heavy atom. The second-order valence-corrected chi connectivity index (χ2v) is 7.26. The molecule has 29 heavy (non-hydrogen) atoms. The maximum Gasteiger partial charge on any atom is 0.291 e. The molecule has 1 fully saturated rings. The van der Waals surface area contributed by atoms with Crippen LogP contribution in [0.1, 0.15) is 34.3 Å². The predicted octanol–water partition coefficient (Wildman–Crippen LogP) is 3.85. The highest BCUT2D eigenvalue weighted by molar-refractivity contribution is 6.14. The van der Waals surface area contributed by atoms with E-state index in [4.69, 9.17) is 4.42 Å². The van der Waals surface area contributed by atoms with Crippen molar-refractivity contribution in [2.75, 3.05) is 38.0 Å². The van der Waals surface area contributed by atoms with Crippen molar-refractivity contribution in [2.45, 2.75) is 13.3 Å². The summed E-state index contributed by atoms with van der Waals surface area (Å²) < 4.78 is 5.91. The van der Waals surface area contributed by atoms with Gasteiger partial charge in [0.05, 0.1) is 0 Å². The molecule has 0 aliphatic carbocycles. The highest BCUT2D eigenvalue weighted by Gasteiger charge is 2.28. The standard InChI is InChI=1S/C23H25N3O3/c1-2-12-25-13-15-26(16-14-25)23(28)21-20(18-10-6-7-11-19(18)29-21)24-22(27)17-8-4-3-5-9-17/h3-11H,2,12-16H2,1H3,(H,24,27). The molecule has 0 unspecified atom stereocenters. The summed E-state index contributed by atoms with van der Waals surface area (Å²) in [7, 11) is 0. The Bertz CT molecular complexity index is 1000. The molecule has 2 aromatic carbocycles. The molecule has 0 bridgehead atoms. The fourth-order valence-corrected chi connectivity index (χ4v) is 3.73. The normalized spacial score (nSPS) is 14.9. The lowest BCUT2D eigenvalue weighted by molar-refractivity contribution is 0.0610. The molecule has 2 amide bonds. The summed E-state index contributed by atoms with van der Waals surface area (Å²) >= 11 is 0. The zero-order valence-corrected chi connectivity index (χ0v) is 16.6. The Labute approximate surface area is 170 Å². The molecular weight excluding hydrogens is 366 g/mol. The van der Waals surface area contributed by atoms with Crippen molar-refractivity contribution in [3.63, 3.8) is 0 Å². The molecule has 0 radical (unpaired) electrons. The first-order valence-corrected chi connectivity index (χ1v) is 10.1. The fraction of sp³-hybridized carbons (Fsp3) is 0.304. The van der Waals surface area contributed by atoms with Crippen molar-refractivity contribution in [3.8, 4) is 0 Å². The van der Waals surface area contributed by atoms with Gasteiger partial charge in [0.1, 0.15) is 11.3 Å². The van der Waals surface area contributed by atoms with Crippen LogP contribution in [0, 0.1) is 0 Å². The van der Waals surface area contributed by atoms with Gasteiger partial charge in [0, 0.05) is 37.1 Å². The number of amides is 2. The minimum atomic E-state index is -0.265. The molecule has 1 N–H and O–H groups in total. The highest BCUT2D eigenvalue weighted by atomic mass is 16.3. The number of hydrogen-bond acceptors (Lipinski definition) is 4. The molecule has 150 valence electrons. The van der Waals surface area contributed by atoms with Crippen LogP contribution in [0.2, 0.25) is 0 Å². The maximum atomic E-state index is 13.2. The van der Waals surface area contributed by atoms with E-state index in [2.05, 4.69) is 17.1 Å². The lowest BCUT2D eigenvalue weighted by Gasteiger charge is -2.34. The molecule has 0 saturated carbocycles. The number of nitrogens with zero attached hydrogens (tertiary/aromatic N) is 2. The molecular formula is C23H25N3O3. The van der Waals surface area contributed by atoms with Crippen LogP contribution < -0.4 is 5.32 Å². The summed E-state index contributed by atoms with van der Waals surface area (Å²) in [5.74, 6) is -0.251. The van der Waals surface area contributed by atoms with Crippen LogP contribution in [0.3, 0.4) is 0 Å². The van der Waals surface area contributed by atoms with Crippen LogP contribution in [0.25, 0.3) is 11.0 Å². The van der Waals surface area contributed by atoms with Crippen molar-refractivity contribution >= 4 is 28.5 Å². The number of rotatable bonds is 5. The van der Waals surface area contributed by atoms with Crippen molar-refractivity contribution < 1.29 is 14.0 Å². The van der Waals surface area contributed by atoms with E-state index in [1.807, 2.05) is 47.4 Å². The Hall–Kier alpha value is -3.12. The largest absolute Gasteiger partial charge is 0.449 e. The molecule has 4 rings (SSSR count). The molecule has 1 saturated heterocycles. The van der Waals surface area contributed by atoms with Gasteiger partial charge in [0.25, 0.3) is 11.8 Å². The van der Waals surface area contributed by atoms with Crippen LogP contribution in [0.15, 0.2) is 59.0 Å². The molecule has 0 atom stereocenters. The van der Waals surface area contributed by atoms with Gasteiger partial charge in [0.2, 0.25) is 5.76 Å². The first kappa shape index (κ1) is 19.2. The molecule has 1 aliphatic heterocycles. The number of furan rings is 1. The minimum Gasteiger partial charge on any atom is -0.449 e. The molecule has 1 aliphatic rings. The second-order valence-electron chi connectivity index (χ2n) is 7.26.